The molecule has 6 heteroatoms. The summed E-state index contributed by atoms with van der Waals surface area (Å²) in [6.45, 7) is 3.24. The molecule has 1 aliphatic heterocycles. The van der Waals surface area contributed by atoms with E-state index < -0.39 is 0 Å². The lowest BCUT2D eigenvalue weighted by atomic mass is 10.3. The standard InChI is InChI=1S/C9H14N4O2/c1-12-2-3-15-9(5-12)6-13-4-8(7-14)10-11-13/h4,7,9H,2-3,5-6H2,1H3. The van der Waals surface area contributed by atoms with Crippen LogP contribution in [0, 0.1) is 0 Å². The molecule has 1 saturated heterocycles. The van der Waals surface area contributed by atoms with Crippen LogP contribution in [0.4, 0.5) is 0 Å². The van der Waals surface area contributed by atoms with Gasteiger partial charge in [-0.1, -0.05) is 5.21 Å². The molecule has 0 amide bonds. The van der Waals surface area contributed by atoms with Crippen LogP contribution >= 0.6 is 0 Å². The maximum absolute atomic E-state index is 10.4. The number of carbonyl (C=O) groups excluding carboxylic acids is 1. The van der Waals surface area contributed by atoms with E-state index in [9.17, 15) is 4.79 Å². The third-order valence-electron chi connectivity index (χ3n) is 2.41. The number of aldehydes is 1. The minimum atomic E-state index is 0.130. The second-order valence-corrected chi connectivity index (χ2v) is 3.74. The summed E-state index contributed by atoms with van der Waals surface area (Å²) in [6, 6.07) is 0. The lowest BCUT2D eigenvalue weighted by molar-refractivity contribution is -0.0292. The summed E-state index contributed by atoms with van der Waals surface area (Å²) in [6.07, 6.45) is 2.45. The number of ether oxygens (including phenoxy) is 1. The molecule has 82 valence electrons. The highest BCUT2D eigenvalue weighted by atomic mass is 16.5. The van der Waals surface area contributed by atoms with Crippen molar-refractivity contribution in [2.24, 2.45) is 0 Å². The predicted molar refractivity (Wildman–Crippen MR) is 52.6 cm³/mol. The van der Waals surface area contributed by atoms with Crippen molar-refractivity contribution in [1.82, 2.24) is 19.9 Å². The molecule has 0 saturated carbocycles. The maximum atomic E-state index is 10.4. The molecule has 6 nitrogen and oxygen atoms in total. The number of rotatable bonds is 3. The molecule has 1 aromatic heterocycles. The molecule has 0 aliphatic carbocycles. The maximum Gasteiger partial charge on any atom is 0.171 e. The fourth-order valence-electron chi connectivity index (χ4n) is 1.64. The number of hydrogen-bond acceptors (Lipinski definition) is 5. The fraction of sp³-hybridized carbons (Fsp3) is 0.667. The quantitative estimate of drug-likeness (QED) is 0.625. The molecule has 1 aliphatic rings. The van der Waals surface area contributed by atoms with Crippen LogP contribution in [0.2, 0.25) is 0 Å². The van der Waals surface area contributed by atoms with Gasteiger partial charge in [0.25, 0.3) is 0 Å². The third-order valence-corrected chi connectivity index (χ3v) is 2.41. The Hall–Kier alpha value is -1.27. The van der Waals surface area contributed by atoms with E-state index in [1.165, 1.54) is 0 Å². The highest BCUT2D eigenvalue weighted by Crippen LogP contribution is 2.05. The molecule has 0 N–H and O–H groups in total. The van der Waals surface area contributed by atoms with Gasteiger partial charge in [-0.05, 0) is 7.05 Å². The van der Waals surface area contributed by atoms with E-state index in [0.29, 0.717) is 18.5 Å². The molecule has 0 spiro atoms. The Morgan fingerprint density at radius 3 is 3.27 bits per heavy atom. The van der Waals surface area contributed by atoms with Gasteiger partial charge in [0.2, 0.25) is 0 Å². The Labute approximate surface area is 87.8 Å². The second kappa shape index (κ2) is 4.50. The van der Waals surface area contributed by atoms with E-state index in [4.69, 9.17) is 4.74 Å². The Morgan fingerprint density at radius 2 is 2.60 bits per heavy atom. The van der Waals surface area contributed by atoms with Crippen molar-refractivity contribution in [3.8, 4) is 0 Å². The molecule has 1 atom stereocenters. The highest BCUT2D eigenvalue weighted by molar-refractivity contribution is 5.70. The first-order valence-corrected chi connectivity index (χ1v) is 4.93. The van der Waals surface area contributed by atoms with Gasteiger partial charge in [-0.2, -0.15) is 0 Å². The SMILES string of the molecule is CN1CCOC(Cn2cc(C=O)nn2)C1. The first-order chi connectivity index (χ1) is 7.28. The van der Waals surface area contributed by atoms with Crippen LogP contribution in [-0.2, 0) is 11.3 Å². The zero-order chi connectivity index (χ0) is 10.7. The summed E-state index contributed by atoms with van der Waals surface area (Å²) >= 11 is 0. The van der Waals surface area contributed by atoms with Crippen LogP contribution in [0.3, 0.4) is 0 Å². The van der Waals surface area contributed by atoms with Crippen molar-refractivity contribution in [3.63, 3.8) is 0 Å². The molecular formula is C9H14N4O2. The number of aromatic nitrogens is 3. The van der Waals surface area contributed by atoms with Crippen LogP contribution in [0.15, 0.2) is 6.20 Å². The highest BCUT2D eigenvalue weighted by Gasteiger charge is 2.18. The van der Waals surface area contributed by atoms with E-state index in [-0.39, 0.29) is 6.10 Å². The molecule has 2 heterocycles. The third kappa shape index (κ3) is 2.60. The minimum absolute atomic E-state index is 0.130. The van der Waals surface area contributed by atoms with Gasteiger partial charge in [0, 0.05) is 13.1 Å². The van der Waals surface area contributed by atoms with Gasteiger partial charge in [0.05, 0.1) is 25.5 Å². The van der Waals surface area contributed by atoms with Crippen molar-refractivity contribution in [2.45, 2.75) is 12.6 Å². The Balaban J connectivity index is 1.92. The molecule has 2 rings (SSSR count). The van der Waals surface area contributed by atoms with Gasteiger partial charge in [-0.15, -0.1) is 5.10 Å². The van der Waals surface area contributed by atoms with Crippen molar-refractivity contribution in [1.29, 1.82) is 0 Å². The van der Waals surface area contributed by atoms with Gasteiger partial charge in [-0.3, -0.25) is 4.79 Å². The largest absolute Gasteiger partial charge is 0.374 e. The van der Waals surface area contributed by atoms with Crippen molar-refractivity contribution >= 4 is 6.29 Å². The summed E-state index contributed by atoms with van der Waals surface area (Å²) in [4.78, 5) is 12.6. The Kier molecular flexibility index (Phi) is 3.08. The first kappa shape index (κ1) is 10.3. The zero-order valence-corrected chi connectivity index (χ0v) is 8.67. The average molecular weight is 210 g/mol. The van der Waals surface area contributed by atoms with E-state index in [0.717, 1.165) is 19.7 Å². The Bertz CT molecular complexity index is 339. The van der Waals surface area contributed by atoms with Crippen LogP contribution in [0.25, 0.3) is 0 Å². The van der Waals surface area contributed by atoms with Crippen LogP contribution in [0.5, 0.6) is 0 Å². The number of hydrogen-bond donors (Lipinski definition) is 0. The summed E-state index contributed by atoms with van der Waals surface area (Å²) in [5.74, 6) is 0. The van der Waals surface area contributed by atoms with E-state index in [1.807, 2.05) is 0 Å². The fourth-order valence-corrected chi connectivity index (χ4v) is 1.64. The van der Waals surface area contributed by atoms with Gasteiger partial charge in [0.15, 0.2) is 6.29 Å². The lowest BCUT2D eigenvalue weighted by Crippen LogP contribution is -2.42. The predicted octanol–water partition coefficient (Wildman–Crippen LogP) is -0.579. The van der Waals surface area contributed by atoms with E-state index in [2.05, 4.69) is 22.3 Å². The van der Waals surface area contributed by atoms with Crippen molar-refractivity contribution in [3.05, 3.63) is 11.9 Å². The number of carbonyl (C=O) groups is 1. The zero-order valence-electron chi connectivity index (χ0n) is 8.67. The summed E-state index contributed by atoms with van der Waals surface area (Å²) < 4.78 is 7.22. The van der Waals surface area contributed by atoms with Gasteiger partial charge in [-0.25, -0.2) is 4.68 Å². The molecule has 1 fully saturated rings. The van der Waals surface area contributed by atoms with Gasteiger partial charge in [0.1, 0.15) is 5.69 Å². The summed E-state index contributed by atoms with van der Waals surface area (Å²) in [5.41, 5.74) is 0.360. The van der Waals surface area contributed by atoms with Gasteiger partial charge < -0.3 is 9.64 Å². The smallest absolute Gasteiger partial charge is 0.171 e. The molecular weight excluding hydrogens is 196 g/mol. The second-order valence-electron chi connectivity index (χ2n) is 3.74. The molecule has 0 aromatic carbocycles. The Morgan fingerprint density at radius 1 is 1.73 bits per heavy atom. The minimum Gasteiger partial charge on any atom is -0.374 e. The summed E-state index contributed by atoms with van der Waals surface area (Å²) in [7, 11) is 2.06. The number of morpholine rings is 1. The monoisotopic (exact) mass is 210 g/mol. The topological polar surface area (TPSA) is 60.2 Å². The number of nitrogens with zero attached hydrogens (tertiary/aromatic N) is 4. The first-order valence-electron chi connectivity index (χ1n) is 4.93. The molecule has 0 bridgehead atoms. The van der Waals surface area contributed by atoms with Gasteiger partial charge >= 0.3 is 0 Å². The van der Waals surface area contributed by atoms with Crippen LogP contribution in [0.1, 0.15) is 10.5 Å². The average Bonchev–Trinajstić information content (AvgIpc) is 2.65. The van der Waals surface area contributed by atoms with Crippen LogP contribution < -0.4 is 0 Å². The molecule has 1 unspecified atom stereocenters. The summed E-state index contributed by atoms with van der Waals surface area (Å²) in [5, 5.41) is 7.54. The molecule has 1 aromatic rings. The molecule has 15 heavy (non-hydrogen) atoms. The van der Waals surface area contributed by atoms with Crippen molar-refractivity contribution < 1.29 is 9.53 Å². The van der Waals surface area contributed by atoms with Crippen molar-refractivity contribution in [2.75, 3.05) is 26.7 Å². The van der Waals surface area contributed by atoms with Crippen LogP contribution in [-0.4, -0.2) is 59.0 Å². The van der Waals surface area contributed by atoms with E-state index in [1.54, 1.807) is 10.9 Å². The molecule has 0 radical (unpaired) electrons. The number of likely N-dealkylation sites (N-methyl/N-ethyl adjacent to an activating group) is 1. The normalized spacial score (nSPS) is 22.9. The lowest BCUT2D eigenvalue weighted by Gasteiger charge is -2.29. The van der Waals surface area contributed by atoms with E-state index >= 15 is 0 Å².